The fourth-order valence-electron chi connectivity index (χ4n) is 2.78. The average Bonchev–Trinajstić information content (AvgIpc) is 2.80. The second kappa shape index (κ2) is 4.77. The summed E-state index contributed by atoms with van der Waals surface area (Å²) in [5.41, 5.74) is 0.416. The Kier molecular flexibility index (Phi) is 3.20. The van der Waals surface area contributed by atoms with Crippen molar-refractivity contribution in [2.24, 2.45) is 0 Å². The van der Waals surface area contributed by atoms with E-state index in [2.05, 4.69) is 22.2 Å². The second-order valence-electron chi connectivity index (χ2n) is 5.43. The Hall–Kier alpha value is -1.56. The van der Waals surface area contributed by atoms with Gasteiger partial charge in [0.25, 0.3) is 0 Å². The third-order valence-corrected chi connectivity index (χ3v) is 3.84. The van der Waals surface area contributed by atoms with Gasteiger partial charge < -0.3 is 10.3 Å². The number of alkyl halides is 3. The molecule has 1 aromatic heterocycles. The van der Waals surface area contributed by atoms with E-state index in [1.165, 1.54) is 6.07 Å². The van der Waals surface area contributed by atoms with Gasteiger partial charge in [-0.05, 0) is 44.5 Å². The van der Waals surface area contributed by atoms with Gasteiger partial charge >= 0.3 is 6.18 Å². The summed E-state index contributed by atoms with van der Waals surface area (Å²) in [5, 5.41) is 3.35. The largest absolute Gasteiger partial charge is 0.416 e. The van der Waals surface area contributed by atoms with Gasteiger partial charge in [-0.15, -0.1) is 0 Å². The maximum absolute atomic E-state index is 12.7. The number of rotatable bonds is 1. The molecule has 0 bridgehead atoms. The molecule has 2 heterocycles. The summed E-state index contributed by atoms with van der Waals surface area (Å²) in [6, 6.07) is 4.06. The Bertz CT molecular complexity index is 618. The normalized spacial score (nSPS) is 24.2. The minimum atomic E-state index is -4.32. The van der Waals surface area contributed by atoms with Crippen LogP contribution in [-0.2, 0) is 6.18 Å². The molecule has 2 unspecified atom stereocenters. The molecule has 0 saturated carbocycles. The highest BCUT2D eigenvalue weighted by Gasteiger charge is 2.31. The topological polar surface area (TPSA) is 40.7 Å². The molecular formula is C14H16F3N3. The lowest BCUT2D eigenvalue weighted by Crippen LogP contribution is -2.35. The number of hydrogen-bond donors (Lipinski definition) is 2. The van der Waals surface area contributed by atoms with Gasteiger partial charge in [0, 0.05) is 12.0 Å². The molecule has 3 nitrogen and oxygen atoms in total. The van der Waals surface area contributed by atoms with Crippen LogP contribution in [0.5, 0.6) is 0 Å². The zero-order valence-corrected chi connectivity index (χ0v) is 11.1. The molecule has 1 fully saturated rings. The highest BCUT2D eigenvalue weighted by molar-refractivity contribution is 5.76. The van der Waals surface area contributed by atoms with Crippen molar-refractivity contribution < 1.29 is 13.2 Å². The molecule has 2 atom stereocenters. The van der Waals surface area contributed by atoms with E-state index in [1.54, 1.807) is 0 Å². The van der Waals surface area contributed by atoms with E-state index in [-0.39, 0.29) is 5.92 Å². The first-order valence-corrected chi connectivity index (χ1v) is 6.74. The molecule has 1 aliphatic heterocycles. The van der Waals surface area contributed by atoms with E-state index in [4.69, 9.17) is 0 Å². The van der Waals surface area contributed by atoms with Gasteiger partial charge in [-0.1, -0.05) is 0 Å². The lowest BCUT2D eigenvalue weighted by Gasteiger charge is -2.26. The van der Waals surface area contributed by atoms with Crippen LogP contribution in [0.25, 0.3) is 11.0 Å². The van der Waals surface area contributed by atoms with Crippen molar-refractivity contribution in [2.45, 2.75) is 37.9 Å². The Balaban J connectivity index is 1.94. The van der Waals surface area contributed by atoms with Gasteiger partial charge in [0.05, 0.1) is 16.6 Å². The van der Waals surface area contributed by atoms with Crippen molar-refractivity contribution in [1.82, 2.24) is 15.3 Å². The number of H-pyrrole nitrogens is 1. The van der Waals surface area contributed by atoms with Crippen LogP contribution >= 0.6 is 0 Å². The quantitative estimate of drug-likeness (QED) is 0.841. The molecule has 3 rings (SSSR count). The number of nitrogens with one attached hydrogen (secondary N) is 2. The smallest absolute Gasteiger partial charge is 0.342 e. The standard InChI is InChI=1S/C14H16F3N3/c1-8-6-9(4-5-18-8)13-19-11-3-2-10(14(15,16)17)7-12(11)20-13/h2-3,7-9,18H,4-6H2,1H3,(H,19,20). The van der Waals surface area contributed by atoms with E-state index in [0.29, 0.717) is 17.1 Å². The number of benzene rings is 1. The zero-order chi connectivity index (χ0) is 14.3. The number of nitrogens with zero attached hydrogens (tertiary/aromatic N) is 1. The Labute approximate surface area is 114 Å². The van der Waals surface area contributed by atoms with Crippen LogP contribution in [0.2, 0.25) is 0 Å². The summed E-state index contributed by atoms with van der Waals surface area (Å²) in [7, 11) is 0. The van der Waals surface area contributed by atoms with Gasteiger partial charge in [-0.25, -0.2) is 4.98 Å². The monoisotopic (exact) mass is 283 g/mol. The molecule has 20 heavy (non-hydrogen) atoms. The molecule has 108 valence electrons. The number of imidazole rings is 1. The summed E-state index contributed by atoms with van der Waals surface area (Å²) in [4.78, 5) is 7.50. The van der Waals surface area contributed by atoms with Crippen LogP contribution in [0.4, 0.5) is 13.2 Å². The fourth-order valence-corrected chi connectivity index (χ4v) is 2.78. The van der Waals surface area contributed by atoms with Crippen molar-refractivity contribution in [1.29, 1.82) is 0 Å². The van der Waals surface area contributed by atoms with E-state index in [0.717, 1.165) is 37.3 Å². The van der Waals surface area contributed by atoms with E-state index in [9.17, 15) is 13.2 Å². The lowest BCUT2D eigenvalue weighted by atomic mass is 9.93. The zero-order valence-electron chi connectivity index (χ0n) is 11.1. The molecule has 6 heteroatoms. The second-order valence-corrected chi connectivity index (χ2v) is 5.43. The molecule has 1 aliphatic rings. The predicted octanol–water partition coefficient (Wildman–Crippen LogP) is 3.44. The van der Waals surface area contributed by atoms with Crippen molar-refractivity contribution in [3.05, 3.63) is 29.6 Å². The van der Waals surface area contributed by atoms with Gasteiger partial charge in [0.15, 0.2) is 0 Å². The number of halogens is 3. The molecule has 1 aromatic carbocycles. The first-order chi connectivity index (χ1) is 9.43. The minimum Gasteiger partial charge on any atom is -0.342 e. The van der Waals surface area contributed by atoms with Gasteiger partial charge in [-0.3, -0.25) is 0 Å². The van der Waals surface area contributed by atoms with E-state index in [1.807, 2.05) is 0 Å². The highest BCUT2D eigenvalue weighted by Crippen LogP contribution is 2.32. The molecule has 2 aromatic rings. The number of piperidine rings is 1. The minimum absolute atomic E-state index is 0.285. The maximum atomic E-state index is 12.7. The summed E-state index contributed by atoms with van der Waals surface area (Å²) in [6.45, 7) is 3.02. The van der Waals surface area contributed by atoms with Gasteiger partial charge in [-0.2, -0.15) is 13.2 Å². The summed E-state index contributed by atoms with van der Waals surface area (Å²) in [5.74, 6) is 1.08. The van der Waals surface area contributed by atoms with Gasteiger partial charge in [0.1, 0.15) is 5.82 Å². The lowest BCUT2D eigenvalue weighted by molar-refractivity contribution is -0.137. The molecule has 0 radical (unpaired) electrons. The van der Waals surface area contributed by atoms with E-state index >= 15 is 0 Å². The third-order valence-electron chi connectivity index (χ3n) is 3.84. The van der Waals surface area contributed by atoms with E-state index < -0.39 is 11.7 Å². The average molecular weight is 283 g/mol. The number of aromatic nitrogens is 2. The molecule has 1 saturated heterocycles. The van der Waals surface area contributed by atoms with Crippen LogP contribution < -0.4 is 5.32 Å². The number of aromatic amines is 1. The van der Waals surface area contributed by atoms with Crippen molar-refractivity contribution in [3.8, 4) is 0 Å². The van der Waals surface area contributed by atoms with Crippen LogP contribution in [0.15, 0.2) is 18.2 Å². The SMILES string of the molecule is CC1CC(c2nc3ccc(C(F)(F)F)cc3[nH]2)CCN1. The molecule has 2 N–H and O–H groups in total. The van der Waals surface area contributed by atoms with Crippen molar-refractivity contribution in [3.63, 3.8) is 0 Å². The van der Waals surface area contributed by atoms with Crippen LogP contribution in [0.3, 0.4) is 0 Å². The highest BCUT2D eigenvalue weighted by atomic mass is 19.4. The molecule has 0 spiro atoms. The molecular weight excluding hydrogens is 267 g/mol. The van der Waals surface area contributed by atoms with Crippen LogP contribution in [0.1, 0.15) is 37.1 Å². The molecule has 0 aliphatic carbocycles. The van der Waals surface area contributed by atoms with Gasteiger partial charge in [0.2, 0.25) is 0 Å². The number of fused-ring (bicyclic) bond motifs is 1. The van der Waals surface area contributed by atoms with Crippen molar-refractivity contribution >= 4 is 11.0 Å². The Morgan fingerprint density at radius 3 is 2.80 bits per heavy atom. The van der Waals surface area contributed by atoms with Crippen molar-refractivity contribution in [2.75, 3.05) is 6.54 Å². The first-order valence-electron chi connectivity index (χ1n) is 6.74. The summed E-state index contributed by atoms with van der Waals surface area (Å²) in [6.07, 6.45) is -2.41. The summed E-state index contributed by atoms with van der Waals surface area (Å²) >= 11 is 0. The maximum Gasteiger partial charge on any atom is 0.416 e. The fraction of sp³-hybridized carbons (Fsp3) is 0.500. The van der Waals surface area contributed by atoms with Crippen LogP contribution in [0, 0.1) is 0 Å². The number of hydrogen-bond acceptors (Lipinski definition) is 2. The summed E-state index contributed by atoms with van der Waals surface area (Å²) < 4.78 is 38.1. The Morgan fingerprint density at radius 1 is 1.30 bits per heavy atom. The van der Waals surface area contributed by atoms with Crippen LogP contribution in [-0.4, -0.2) is 22.6 Å². The predicted molar refractivity (Wildman–Crippen MR) is 70.5 cm³/mol. The first kappa shape index (κ1) is 13.4. The molecule has 0 amide bonds. The Morgan fingerprint density at radius 2 is 2.10 bits per heavy atom. The third kappa shape index (κ3) is 2.52.